The fourth-order valence-electron chi connectivity index (χ4n) is 1.28. The monoisotopic (exact) mass is 156 g/mol. The summed E-state index contributed by atoms with van der Waals surface area (Å²) in [6.45, 7) is 7.85. The highest BCUT2D eigenvalue weighted by Gasteiger charge is 2.26. The summed E-state index contributed by atoms with van der Waals surface area (Å²) in [4.78, 5) is 0. The molecule has 66 valence electrons. The maximum absolute atomic E-state index is 5.67. The molecule has 0 saturated heterocycles. The Labute approximate surface area is 69.5 Å². The van der Waals surface area contributed by atoms with Crippen molar-refractivity contribution in [3.8, 4) is 0 Å². The molecular formula is C9H20N2. The van der Waals surface area contributed by atoms with E-state index < -0.39 is 0 Å². The van der Waals surface area contributed by atoms with E-state index in [9.17, 15) is 0 Å². The van der Waals surface area contributed by atoms with Gasteiger partial charge in [0, 0.05) is 18.6 Å². The van der Waals surface area contributed by atoms with Crippen molar-refractivity contribution in [2.75, 3.05) is 6.54 Å². The Kier molecular flexibility index (Phi) is 2.55. The van der Waals surface area contributed by atoms with Gasteiger partial charge in [-0.15, -0.1) is 0 Å². The zero-order chi connectivity index (χ0) is 8.48. The van der Waals surface area contributed by atoms with E-state index in [-0.39, 0.29) is 0 Å². The molecule has 0 aliphatic heterocycles. The molecule has 1 saturated carbocycles. The highest BCUT2D eigenvalue weighted by molar-refractivity contribution is 4.88. The molecule has 11 heavy (non-hydrogen) atoms. The Balaban J connectivity index is 2.05. The molecule has 0 amide bonds. The van der Waals surface area contributed by atoms with Crippen LogP contribution in [0.3, 0.4) is 0 Å². The largest absolute Gasteiger partial charge is 0.328 e. The summed E-state index contributed by atoms with van der Waals surface area (Å²) in [6.07, 6.45) is 2.33. The van der Waals surface area contributed by atoms with Crippen LogP contribution in [0.15, 0.2) is 0 Å². The molecule has 0 heterocycles. The zero-order valence-corrected chi connectivity index (χ0v) is 7.85. The van der Waals surface area contributed by atoms with Crippen molar-refractivity contribution in [3.05, 3.63) is 0 Å². The number of nitrogens with two attached hydrogens (primary N) is 1. The number of rotatable bonds is 2. The first-order chi connectivity index (χ1) is 4.97. The zero-order valence-electron chi connectivity index (χ0n) is 7.85. The van der Waals surface area contributed by atoms with Gasteiger partial charge in [-0.05, 0) is 18.3 Å². The summed E-state index contributed by atoms with van der Waals surface area (Å²) in [6, 6.07) is 1.16. The summed E-state index contributed by atoms with van der Waals surface area (Å²) in [5, 5.41) is 3.51. The third kappa shape index (κ3) is 3.21. The van der Waals surface area contributed by atoms with Crippen LogP contribution in [-0.2, 0) is 0 Å². The molecule has 0 unspecified atom stereocenters. The molecule has 0 aromatic heterocycles. The lowest BCUT2D eigenvalue weighted by Gasteiger charge is -2.35. The smallest absolute Gasteiger partial charge is 0.00967 e. The lowest BCUT2D eigenvalue weighted by molar-refractivity contribution is 0.255. The molecule has 1 aliphatic carbocycles. The highest BCUT2D eigenvalue weighted by atomic mass is 15.0. The van der Waals surface area contributed by atoms with Crippen LogP contribution in [-0.4, -0.2) is 18.6 Å². The van der Waals surface area contributed by atoms with Crippen molar-refractivity contribution in [1.82, 2.24) is 5.32 Å². The number of hydrogen-bond donors (Lipinski definition) is 2. The molecule has 0 aromatic rings. The van der Waals surface area contributed by atoms with Gasteiger partial charge in [-0.2, -0.15) is 0 Å². The van der Waals surface area contributed by atoms with Gasteiger partial charge < -0.3 is 11.1 Å². The number of hydrogen-bond acceptors (Lipinski definition) is 2. The normalized spacial score (nSPS) is 31.6. The van der Waals surface area contributed by atoms with Crippen molar-refractivity contribution in [2.24, 2.45) is 11.1 Å². The quantitative estimate of drug-likeness (QED) is 0.628. The van der Waals surface area contributed by atoms with Gasteiger partial charge in [0.15, 0.2) is 0 Å². The van der Waals surface area contributed by atoms with Gasteiger partial charge in [0.25, 0.3) is 0 Å². The lowest BCUT2D eigenvalue weighted by atomic mass is 9.86. The van der Waals surface area contributed by atoms with Crippen molar-refractivity contribution in [1.29, 1.82) is 0 Å². The third-order valence-corrected chi connectivity index (χ3v) is 2.10. The van der Waals surface area contributed by atoms with Crippen LogP contribution in [0.25, 0.3) is 0 Å². The predicted molar refractivity (Wildman–Crippen MR) is 48.5 cm³/mol. The molecule has 1 rings (SSSR count). The molecule has 0 bridgehead atoms. The van der Waals surface area contributed by atoms with Crippen LogP contribution < -0.4 is 11.1 Å². The molecule has 0 radical (unpaired) electrons. The van der Waals surface area contributed by atoms with Crippen LogP contribution >= 0.6 is 0 Å². The lowest BCUT2D eigenvalue weighted by Crippen LogP contribution is -2.50. The Morgan fingerprint density at radius 3 is 2.27 bits per heavy atom. The van der Waals surface area contributed by atoms with E-state index in [2.05, 4.69) is 26.1 Å². The van der Waals surface area contributed by atoms with E-state index in [1.165, 1.54) is 0 Å². The first kappa shape index (κ1) is 9.01. The van der Waals surface area contributed by atoms with Crippen LogP contribution in [0.2, 0.25) is 0 Å². The SMILES string of the molecule is CC(C)(C)CNC1CC(N)C1. The molecule has 1 aliphatic rings. The number of nitrogens with one attached hydrogen (secondary N) is 1. The molecule has 0 spiro atoms. The molecule has 1 fully saturated rings. The molecule has 2 heteroatoms. The summed E-state index contributed by atoms with van der Waals surface area (Å²) in [7, 11) is 0. The fourth-order valence-corrected chi connectivity index (χ4v) is 1.28. The maximum Gasteiger partial charge on any atom is 0.00967 e. The summed E-state index contributed by atoms with van der Waals surface area (Å²) in [5.74, 6) is 0. The van der Waals surface area contributed by atoms with E-state index in [1.807, 2.05) is 0 Å². The van der Waals surface area contributed by atoms with Crippen LogP contribution in [0.1, 0.15) is 33.6 Å². The maximum atomic E-state index is 5.67. The fraction of sp³-hybridized carbons (Fsp3) is 1.00. The average Bonchev–Trinajstić information content (AvgIpc) is 1.75. The van der Waals surface area contributed by atoms with E-state index in [1.54, 1.807) is 0 Å². The molecule has 2 nitrogen and oxygen atoms in total. The summed E-state index contributed by atoms with van der Waals surface area (Å²) >= 11 is 0. The van der Waals surface area contributed by atoms with Gasteiger partial charge in [0.05, 0.1) is 0 Å². The summed E-state index contributed by atoms with van der Waals surface area (Å²) in [5.41, 5.74) is 6.07. The Bertz CT molecular complexity index is 120. The second kappa shape index (κ2) is 3.11. The standard InChI is InChI=1S/C9H20N2/c1-9(2,3)6-11-8-4-7(10)5-8/h7-8,11H,4-6,10H2,1-3H3. The topological polar surface area (TPSA) is 38.0 Å². The van der Waals surface area contributed by atoms with E-state index >= 15 is 0 Å². The second-order valence-corrected chi connectivity index (χ2v) is 4.87. The minimum atomic E-state index is 0.402. The Morgan fingerprint density at radius 2 is 1.91 bits per heavy atom. The van der Waals surface area contributed by atoms with Crippen LogP contribution in [0.5, 0.6) is 0 Å². The third-order valence-electron chi connectivity index (χ3n) is 2.10. The average molecular weight is 156 g/mol. The first-order valence-electron chi connectivity index (χ1n) is 4.46. The predicted octanol–water partition coefficient (Wildman–Crippen LogP) is 1.11. The molecular weight excluding hydrogens is 136 g/mol. The van der Waals surface area contributed by atoms with E-state index in [0.29, 0.717) is 17.5 Å². The molecule has 0 aromatic carbocycles. The van der Waals surface area contributed by atoms with Gasteiger partial charge >= 0.3 is 0 Å². The molecule has 3 N–H and O–H groups in total. The van der Waals surface area contributed by atoms with Gasteiger partial charge in [-0.1, -0.05) is 20.8 Å². The minimum Gasteiger partial charge on any atom is -0.328 e. The van der Waals surface area contributed by atoms with E-state index in [4.69, 9.17) is 5.73 Å². The van der Waals surface area contributed by atoms with Gasteiger partial charge in [0.1, 0.15) is 0 Å². The molecule has 0 atom stereocenters. The van der Waals surface area contributed by atoms with Crippen LogP contribution in [0, 0.1) is 5.41 Å². The van der Waals surface area contributed by atoms with Crippen molar-refractivity contribution >= 4 is 0 Å². The summed E-state index contributed by atoms with van der Waals surface area (Å²) < 4.78 is 0. The van der Waals surface area contributed by atoms with Crippen LogP contribution in [0.4, 0.5) is 0 Å². The highest BCUT2D eigenvalue weighted by Crippen LogP contribution is 2.19. The van der Waals surface area contributed by atoms with E-state index in [0.717, 1.165) is 19.4 Å². The van der Waals surface area contributed by atoms with Gasteiger partial charge in [-0.3, -0.25) is 0 Å². The minimum absolute atomic E-state index is 0.402. The van der Waals surface area contributed by atoms with Crippen molar-refractivity contribution in [3.63, 3.8) is 0 Å². The van der Waals surface area contributed by atoms with Gasteiger partial charge in [0.2, 0.25) is 0 Å². The first-order valence-corrected chi connectivity index (χ1v) is 4.46. The second-order valence-electron chi connectivity index (χ2n) is 4.87. The van der Waals surface area contributed by atoms with Crippen molar-refractivity contribution in [2.45, 2.75) is 45.7 Å². The Hall–Kier alpha value is -0.0800. The van der Waals surface area contributed by atoms with Gasteiger partial charge in [-0.25, -0.2) is 0 Å². The van der Waals surface area contributed by atoms with Crippen molar-refractivity contribution < 1.29 is 0 Å². The Morgan fingerprint density at radius 1 is 1.36 bits per heavy atom.